The van der Waals surface area contributed by atoms with E-state index in [-0.39, 0.29) is 0 Å². The average Bonchev–Trinajstić information content (AvgIpc) is 3.43. The number of fused-ring (bicyclic) bond motifs is 2. The van der Waals surface area contributed by atoms with Crippen LogP contribution in [0.5, 0.6) is 5.75 Å². The molecule has 0 bridgehead atoms. The Morgan fingerprint density at radius 2 is 2.13 bits per heavy atom. The first-order chi connectivity index (χ1) is 15.3. The first-order valence-corrected chi connectivity index (χ1v) is 10.3. The molecule has 0 saturated carbocycles. The second-order valence-electron chi connectivity index (χ2n) is 7.24. The SMILES string of the molecule is CCn1cnc2c(NCCc3c[nH]c4cc(OC)ccc34)nc(-c3cccnc3)nc21. The smallest absolute Gasteiger partial charge is 0.166 e. The van der Waals surface area contributed by atoms with Crippen molar-refractivity contribution in [2.24, 2.45) is 0 Å². The van der Waals surface area contributed by atoms with Crippen LogP contribution in [0.25, 0.3) is 33.5 Å². The Morgan fingerprint density at radius 1 is 1.19 bits per heavy atom. The number of anilines is 1. The van der Waals surface area contributed by atoms with Gasteiger partial charge in [0.1, 0.15) is 11.3 Å². The maximum Gasteiger partial charge on any atom is 0.166 e. The van der Waals surface area contributed by atoms with E-state index in [0.717, 1.165) is 53.3 Å². The van der Waals surface area contributed by atoms with Crippen LogP contribution in [0, 0.1) is 0 Å². The molecule has 4 heterocycles. The Labute approximate surface area is 179 Å². The number of aromatic amines is 1. The number of hydrogen-bond acceptors (Lipinski definition) is 6. The van der Waals surface area contributed by atoms with E-state index >= 15 is 0 Å². The zero-order valence-electron chi connectivity index (χ0n) is 17.5. The van der Waals surface area contributed by atoms with Crippen molar-refractivity contribution in [3.63, 3.8) is 0 Å². The van der Waals surface area contributed by atoms with Crippen molar-refractivity contribution in [3.8, 4) is 17.1 Å². The number of aromatic nitrogens is 6. The number of nitrogens with one attached hydrogen (secondary N) is 2. The summed E-state index contributed by atoms with van der Waals surface area (Å²) < 4.78 is 7.33. The number of benzene rings is 1. The Bertz CT molecular complexity index is 1340. The number of rotatable bonds is 7. The molecular formula is C23H23N7O. The fourth-order valence-corrected chi connectivity index (χ4v) is 3.74. The first-order valence-electron chi connectivity index (χ1n) is 10.3. The summed E-state index contributed by atoms with van der Waals surface area (Å²) in [6, 6.07) is 9.94. The molecule has 31 heavy (non-hydrogen) atoms. The summed E-state index contributed by atoms with van der Waals surface area (Å²) in [6.45, 7) is 3.58. The third-order valence-corrected chi connectivity index (χ3v) is 5.39. The summed E-state index contributed by atoms with van der Waals surface area (Å²) in [6.07, 6.45) is 8.22. The van der Waals surface area contributed by atoms with Crippen LogP contribution in [0.15, 0.2) is 55.2 Å². The van der Waals surface area contributed by atoms with Crippen LogP contribution >= 0.6 is 0 Å². The van der Waals surface area contributed by atoms with Crippen LogP contribution in [-0.4, -0.2) is 43.1 Å². The van der Waals surface area contributed by atoms with Gasteiger partial charge in [0, 0.05) is 54.2 Å². The van der Waals surface area contributed by atoms with Crippen LogP contribution in [0.1, 0.15) is 12.5 Å². The molecule has 156 valence electrons. The van der Waals surface area contributed by atoms with Crippen LogP contribution in [0.2, 0.25) is 0 Å². The van der Waals surface area contributed by atoms with Gasteiger partial charge in [-0.1, -0.05) is 0 Å². The molecule has 0 fully saturated rings. The topological polar surface area (TPSA) is 93.5 Å². The Hall–Kier alpha value is -3.94. The summed E-state index contributed by atoms with van der Waals surface area (Å²) in [5.74, 6) is 2.21. The van der Waals surface area contributed by atoms with Crippen molar-refractivity contribution in [1.82, 2.24) is 29.5 Å². The minimum atomic E-state index is 0.637. The van der Waals surface area contributed by atoms with Crippen molar-refractivity contribution in [2.45, 2.75) is 19.9 Å². The van der Waals surface area contributed by atoms with E-state index in [1.165, 1.54) is 10.9 Å². The molecule has 0 spiro atoms. The molecule has 8 nitrogen and oxygen atoms in total. The maximum atomic E-state index is 5.31. The molecule has 2 N–H and O–H groups in total. The predicted octanol–water partition coefficient (Wildman–Crippen LogP) is 4.05. The number of aryl methyl sites for hydroxylation is 1. The van der Waals surface area contributed by atoms with Gasteiger partial charge in [0.2, 0.25) is 0 Å². The number of methoxy groups -OCH3 is 1. The van der Waals surface area contributed by atoms with Crippen molar-refractivity contribution in [3.05, 3.63) is 60.8 Å². The van der Waals surface area contributed by atoms with Crippen LogP contribution in [0.4, 0.5) is 5.82 Å². The molecule has 1 aromatic carbocycles. The average molecular weight is 413 g/mol. The zero-order valence-corrected chi connectivity index (χ0v) is 17.5. The van der Waals surface area contributed by atoms with Gasteiger partial charge >= 0.3 is 0 Å². The quantitative estimate of drug-likeness (QED) is 0.418. The number of ether oxygens (including phenoxy) is 1. The van der Waals surface area contributed by atoms with Crippen LogP contribution in [-0.2, 0) is 13.0 Å². The largest absolute Gasteiger partial charge is 0.497 e. The molecular weight excluding hydrogens is 390 g/mol. The third-order valence-electron chi connectivity index (χ3n) is 5.39. The van der Waals surface area contributed by atoms with Gasteiger partial charge in [-0.25, -0.2) is 15.0 Å². The van der Waals surface area contributed by atoms with E-state index < -0.39 is 0 Å². The third kappa shape index (κ3) is 3.56. The molecule has 0 aliphatic rings. The molecule has 5 aromatic rings. The summed E-state index contributed by atoms with van der Waals surface area (Å²) in [7, 11) is 1.68. The van der Waals surface area contributed by atoms with E-state index in [1.54, 1.807) is 19.5 Å². The fourth-order valence-electron chi connectivity index (χ4n) is 3.74. The highest BCUT2D eigenvalue weighted by Gasteiger charge is 2.14. The lowest BCUT2D eigenvalue weighted by atomic mass is 10.1. The molecule has 0 amide bonds. The summed E-state index contributed by atoms with van der Waals surface area (Å²) in [5, 5.41) is 4.67. The normalized spacial score (nSPS) is 11.3. The van der Waals surface area contributed by atoms with E-state index in [0.29, 0.717) is 5.82 Å². The van der Waals surface area contributed by atoms with Gasteiger partial charge in [0.15, 0.2) is 17.3 Å². The Balaban J connectivity index is 1.43. The molecule has 0 aliphatic carbocycles. The number of imidazole rings is 1. The highest BCUT2D eigenvalue weighted by molar-refractivity contribution is 5.86. The number of pyridine rings is 1. The van der Waals surface area contributed by atoms with Gasteiger partial charge in [-0.2, -0.15) is 0 Å². The monoisotopic (exact) mass is 413 g/mol. The predicted molar refractivity (Wildman–Crippen MR) is 121 cm³/mol. The lowest BCUT2D eigenvalue weighted by Crippen LogP contribution is -2.08. The molecule has 5 rings (SSSR count). The molecule has 4 aromatic heterocycles. The Kier molecular flexibility index (Phi) is 4.95. The fraction of sp³-hybridized carbons (Fsp3) is 0.217. The minimum Gasteiger partial charge on any atom is -0.497 e. The van der Waals surface area contributed by atoms with Gasteiger partial charge in [-0.05, 0) is 43.2 Å². The van der Waals surface area contributed by atoms with E-state index in [4.69, 9.17) is 14.7 Å². The number of H-pyrrole nitrogens is 1. The lowest BCUT2D eigenvalue weighted by Gasteiger charge is -2.09. The number of nitrogens with zero attached hydrogens (tertiary/aromatic N) is 5. The van der Waals surface area contributed by atoms with Crippen molar-refractivity contribution in [1.29, 1.82) is 0 Å². The lowest BCUT2D eigenvalue weighted by molar-refractivity contribution is 0.415. The second kappa shape index (κ2) is 8.06. The second-order valence-corrected chi connectivity index (χ2v) is 7.24. The van der Waals surface area contributed by atoms with Crippen molar-refractivity contribution in [2.75, 3.05) is 19.0 Å². The van der Waals surface area contributed by atoms with Gasteiger partial charge < -0.3 is 19.6 Å². The van der Waals surface area contributed by atoms with Gasteiger partial charge in [-0.3, -0.25) is 4.98 Å². The van der Waals surface area contributed by atoms with E-state index in [9.17, 15) is 0 Å². The standard InChI is InChI=1S/C23H23N7O/c1-3-30-14-27-20-22(28-21(29-23(20)30)16-5-4-9-24-12-16)25-10-8-15-13-26-19-11-17(31-2)6-7-18(15)19/h4-7,9,11-14,26H,3,8,10H2,1-2H3,(H,25,28,29). The highest BCUT2D eigenvalue weighted by Crippen LogP contribution is 2.25. The van der Waals surface area contributed by atoms with Crippen molar-refractivity contribution < 1.29 is 4.74 Å². The van der Waals surface area contributed by atoms with Gasteiger partial charge in [-0.15, -0.1) is 0 Å². The molecule has 0 saturated heterocycles. The maximum absolute atomic E-state index is 5.31. The summed E-state index contributed by atoms with van der Waals surface area (Å²) in [5.41, 5.74) is 4.78. The van der Waals surface area contributed by atoms with Crippen LogP contribution in [0.3, 0.4) is 0 Å². The molecule has 0 radical (unpaired) electrons. The number of hydrogen-bond donors (Lipinski definition) is 2. The van der Waals surface area contributed by atoms with Gasteiger partial charge in [0.25, 0.3) is 0 Å². The zero-order chi connectivity index (χ0) is 21.2. The summed E-state index contributed by atoms with van der Waals surface area (Å²) in [4.78, 5) is 21.6. The highest BCUT2D eigenvalue weighted by atomic mass is 16.5. The minimum absolute atomic E-state index is 0.637. The molecule has 0 unspecified atom stereocenters. The Morgan fingerprint density at radius 3 is 2.94 bits per heavy atom. The first kappa shape index (κ1) is 19.0. The summed E-state index contributed by atoms with van der Waals surface area (Å²) >= 11 is 0. The molecule has 8 heteroatoms. The van der Waals surface area contributed by atoms with Crippen LogP contribution < -0.4 is 10.1 Å². The van der Waals surface area contributed by atoms with Gasteiger partial charge in [0.05, 0.1) is 13.4 Å². The van der Waals surface area contributed by atoms with E-state index in [1.807, 2.05) is 41.4 Å². The molecule has 0 atom stereocenters. The van der Waals surface area contributed by atoms with Crippen molar-refractivity contribution >= 4 is 27.9 Å². The molecule has 0 aliphatic heterocycles. The van der Waals surface area contributed by atoms with E-state index in [2.05, 4.69) is 33.3 Å².